The SMILES string of the molecule is CC(C)CC(CNCl)Cc1nnn[nH]1. The van der Waals surface area contributed by atoms with Crippen LogP contribution in [0.5, 0.6) is 0 Å². The molecule has 80 valence electrons. The van der Waals surface area contributed by atoms with E-state index < -0.39 is 0 Å². The van der Waals surface area contributed by atoms with Crippen molar-refractivity contribution in [2.45, 2.75) is 26.7 Å². The number of aromatic amines is 1. The molecule has 0 bridgehead atoms. The highest BCUT2D eigenvalue weighted by molar-refractivity contribution is 6.13. The van der Waals surface area contributed by atoms with Crippen LogP contribution in [0.4, 0.5) is 0 Å². The van der Waals surface area contributed by atoms with E-state index in [-0.39, 0.29) is 0 Å². The van der Waals surface area contributed by atoms with Gasteiger partial charge in [-0.3, -0.25) is 0 Å². The second-order valence-electron chi connectivity index (χ2n) is 3.89. The molecule has 1 atom stereocenters. The quantitative estimate of drug-likeness (QED) is 0.702. The maximum absolute atomic E-state index is 5.51. The van der Waals surface area contributed by atoms with Gasteiger partial charge in [0.2, 0.25) is 0 Å². The number of hydrogen-bond acceptors (Lipinski definition) is 4. The van der Waals surface area contributed by atoms with Crippen molar-refractivity contribution in [3.05, 3.63) is 5.82 Å². The second kappa shape index (κ2) is 5.93. The minimum Gasteiger partial charge on any atom is -0.243 e. The molecule has 1 heterocycles. The number of rotatable bonds is 6. The van der Waals surface area contributed by atoms with E-state index in [4.69, 9.17) is 11.8 Å². The maximum atomic E-state index is 5.51. The lowest BCUT2D eigenvalue weighted by Gasteiger charge is -2.16. The highest BCUT2D eigenvalue weighted by Crippen LogP contribution is 2.14. The van der Waals surface area contributed by atoms with E-state index in [1.165, 1.54) is 0 Å². The fraction of sp³-hybridized carbons (Fsp3) is 0.875. The standard InChI is InChI=1S/C8H16ClN5/c1-6(2)3-7(5-10-9)4-8-11-13-14-12-8/h6-7,10H,3-5H2,1-2H3,(H,11,12,13,14). The summed E-state index contributed by atoms with van der Waals surface area (Å²) in [4.78, 5) is 2.68. The van der Waals surface area contributed by atoms with Crippen molar-refractivity contribution in [1.82, 2.24) is 25.5 Å². The Morgan fingerprint density at radius 3 is 2.79 bits per heavy atom. The second-order valence-corrected chi connectivity index (χ2v) is 4.15. The number of nitrogens with one attached hydrogen (secondary N) is 2. The zero-order valence-electron chi connectivity index (χ0n) is 8.50. The molecular formula is C8H16ClN5. The molecule has 0 fully saturated rings. The van der Waals surface area contributed by atoms with Gasteiger partial charge in [0.15, 0.2) is 0 Å². The molecule has 14 heavy (non-hydrogen) atoms. The first kappa shape index (κ1) is 11.4. The Morgan fingerprint density at radius 2 is 2.29 bits per heavy atom. The van der Waals surface area contributed by atoms with Gasteiger partial charge in [-0.05, 0) is 40.5 Å². The van der Waals surface area contributed by atoms with Crippen LogP contribution >= 0.6 is 11.8 Å². The first-order valence-electron chi connectivity index (χ1n) is 4.78. The molecule has 0 spiro atoms. The summed E-state index contributed by atoms with van der Waals surface area (Å²) >= 11 is 5.51. The van der Waals surface area contributed by atoms with Crippen molar-refractivity contribution < 1.29 is 0 Å². The van der Waals surface area contributed by atoms with Crippen LogP contribution in [-0.2, 0) is 6.42 Å². The molecule has 1 unspecified atom stereocenters. The Balaban J connectivity index is 2.42. The molecule has 0 aromatic carbocycles. The molecule has 2 N–H and O–H groups in total. The molecule has 0 aliphatic carbocycles. The van der Waals surface area contributed by atoms with Gasteiger partial charge in [-0.2, -0.15) is 0 Å². The van der Waals surface area contributed by atoms with Gasteiger partial charge in [-0.15, -0.1) is 5.10 Å². The Morgan fingerprint density at radius 1 is 1.50 bits per heavy atom. The first-order chi connectivity index (χ1) is 6.72. The molecule has 5 nitrogen and oxygen atoms in total. The average molecular weight is 218 g/mol. The Bertz CT molecular complexity index is 236. The van der Waals surface area contributed by atoms with Crippen LogP contribution in [0.3, 0.4) is 0 Å². The van der Waals surface area contributed by atoms with Crippen molar-refractivity contribution in [2.24, 2.45) is 11.8 Å². The third-order valence-electron chi connectivity index (χ3n) is 2.04. The summed E-state index contributed by atoms with van der Waals surface area (Å²) in [7, 11) is 0. The first-order valence-corrected chi connectivity index (χ1v) is 5.16. The molecule has 0 aliphatic rings. The third-order valence-corrected chi connectivity index (χ3v) is 2.20. The number of hydrogen-bond donors (Lipinski definition) is 2. The monoisotopic (exact) mass is 217 g/mol. The lowest BCUT2D eigenvalue weighted by Crippen LogP contribution is -2.20. The van der Waals surface area contributed by atoms with Crippen molar-refractivity contribution in [3.63, 3.8) is 0 Å². The van der Waals surface area contributed by atoms with Crippen LogP contribution in [0.2, 0.25) is 0 Å². The van der Waals surface area contributed by atoms with Gasteiger partial charge < -0.3 is 0 Å². The summed E-state index contributed by atoms with van der Waals surface area (Å²) in [5.74, 6) is 1.95. The number of aromatic nitrogens is 4. The fourth-order valence-electron chi connectivity index (χ4n) is 1.55. The molecule has 0 aliphatic heterocycles. The van der Waals surface area contributed by atoms with E-state index in [1.54, 1.807) is 0 Å². The Labute approximate surface area is 88.7 Å². The zero-order chi connectivity index (χ0) is 10.4. The van der Waals surface area contributed by atoms with Crippen molar-refractivity contribution >= 4 is 11.8 Å². The zero-order valence-corrected chi connectivity index (χ0v) is 9.25. The smallest absolute Gasteiger partial charge is 0.148 e. The molecule has 1 aromatic heterocycles. The van der Waals surface area contributed by atoms with Gasteiger partial charge in [0, 0.05) is 13.0 Å². The average Bonchev–Trinajstić information content (AvgIpc) is 2.56. The molecule has 6 heteroatoms. The predicted octanol–water partition coefficient (Wildman–Crippen LogP) is 1.15. The van der Waals surface area contributed by atoms with Gasteiger partial charge >= 0.3 is 0 Å². The van der Waals surface area contributed by atoms with E-state index in [2.05, 4.69) is 39.3 Å². The molecule has 0 saturated heterocycles. The summed E-state index contributed by atoms with van der Waals surface area (Å²) in [5, 5.41) is 13.7. The maximum Gasteiger partial charge on any atom is 0.148 e. The van der Waals surface area contributed by atoms with Crippen LogP contribution in [0.25, 0.3) is 0 Å². The van der Waals surface area contributed by atoms with Crippen molar-refractivity contribution in [2.75, 3.05) is 6.54 Å². The molecule has 0 radical (unpaired) electrons. The fourth-order valence-corrected chi connectivity index (χ4v) is 1.77. The lowest BCUT2D eigenvalue weighted by molar-refractivity contribution is 0.400. The van der Waals surface area contributed by atoms with E-state index in [0.29, 0.717) is 11.8 Å². The highest BCUT2D eigenvalue weighted by atomic mass is 35.5. The molecule has 1 rings (SSSR count). The van der Waals surface area contributed by atoms with Crippen LogP contribution in [0.1, 0.15) is 26.1 Å². The van der Waals surface area contributed by atoms with Crippen LogP contribution in [0.15, 0.2) is 0 Å². The number of halogens is 1. The molecule has 0 amide bonds. The summed E-state index contributed by atoms with van der Waals surface area (Å²) in [5.41, 5.74) is 0. The minimum atomic E-state index is 0.474. The Kier molecular flexibility index (Phi) is 4.82. The highest BCUT2D eigenvalue weighted by Gasteiger charge is 2.13. The van der Waals surface area contributed by atoms with E-state index in [0.717, 1.165) is 25.2 Å². The molecule has 0 saturated carbocycles. The van der Waals surface area contributed by atoms with E-state index in [1.807, 2.05) is 0 Å². The van der Waals surface area contributed by atoms with E-state index >= 15 is 0 Å². The number of tetrazole rings is 1. The van der Waals surface area contributed by atoms with Gasteiger partial charge in [0.05, 0.1) is 0 Å². The van der Waals surface area contributed by atoms with Gasteiger partial charge in [-0.1, -0.05) is 13.8 Å². The third kappa shape index (κ3) is 4.02. The van der Waals surface area contributed by atoms with Crippen LogP contribution in [-0.4, -0.2) is 27.2 Å². The minimum absolute atomic E-state index is 0.474. The summed E-state index contributed by atoms with van der Waals surface area (Å²) < 4.78 is 0. The van der Waals surface area contributed by atoms with Crippen LogP contribution in [0, 0.1) is 11.8 Å². The molecular weight excluding hydrogens is 202 g/mol. The van der Waals surface area contributed by atoms with Crippen molar-refractivity contribution in [3.8, 4) is 0 Å². The predicted molar refractivity (Wildman–Crippen MR) is 54.7 cm³/mol. The number of nitrogens with zero attached hydrogens (tertiary/aromatic N) is 3. The summed E-state index contributed by atoms with van der Waals surface area (Å²) in [6, 6.07) is 0. The molecule has 1 aromatic rings. The van der Waals surface area contributed by atoms with Crippen LogP contribution < -0.4 is 4.84 Å². The number of H-pyrrole nitrogens is 1. The lowest BCUT2D eigenvalue weighted by atomic mass is 9.94. The van der Waals surface area contributed by atoms with Crippen molar-refractivity contribution in [1.29, 1.82) is 0 Å². The Hall–Kier alpha value is -0.680. The summed E-state index contributed by atoms with van der Waals surface area (Å²) in [6.45, 7) is 5.17. The van der Waals surface area contributed by atoms with E-state index in [9.17, 15) is 0 Å². The topological polar surface area (TPSA) is 66.5 Å². The van der Waals surface area contributed by atoms with Gasteiger partial charge in [-0.25, -0.2) is 9.93 Å². The largest absolute Gasteiger partial charge is 0.243 e. The normalized spacial score (nSPS) is 13.4. The summed E-state index contributed by atoms with van der Waals surface area (Å²) in [6.07, 6.45) is 1.95. The van der Waals surface area contributed by atoms with Gasteiger partial charge in [0.1, 0.15) is 5.82 Å². The van der Waals surface area contributed by atoms with Gasteiger partial charge in [0.25, 0.3) is 0 Å².